The molecule has 5 rings (SSSR count). The van der Waals surface area contributed by atoms with Gasteiger partial charge in [-0.15, -0.1) is 0 Å². The van der Waals surface area contributed by atoms with Crippen LogP contribution < -0.4 is 5.73 Å². The van der Waals surface area contributed by atoms with E-state index in [1.54, 1.807) is 6.33 Å². The average molecular weight is 371 g/mol. The highest BCUT2D eigenvalue weighted by Gasteiger charge is 2.25. The molecule has 2 N–H and O–H groups in total. The van der Waals surface area contributed by atoms with Gasteiger partial charge in [0.1, 0.15) is 12.1 Å². The lowest BCUT2D eigenvalue weighted by Crippen LogP contribution is -2.18. The molecule has 1 fully saturated rings. The summed E-state index contributed by atoms with van der Waals surface area (Å²) in [6.07, 6.45) is 7.07. The number of nitrogens with zero attached hydrogens (tertiary/aromatic N) is 4. The lowest BCUT2D eigenvalue weighted by molar-refractivity contribution is 0.277. The number of anilines is 1. The molecule has 2 aromatic heterocycles. The van der Waals surface area contributed by atoms with Gasteiger partial charge in [-0.2, -0.15) is 5.10 Å². The van der Waals surface area contributed by atoms with Gasteiger partial charge < -0.3 is 5.73 Å². The lowest BCUT2D eigenvalue weighted by Gasteiger charge is -2.26. The van der Waals surface area contributed by atoms with Crippen molar-refractivity contribution in [3.8, 4) is 0 Å². The molecule has 0 aliphatic heterocycles. The van der Waals surface area contributed by atoms with Crippen molar-refractivity contribution in [1.29, 1.82) is 0 Å². The first-order valence-electron chi connectivity index (χ1n) is 10.1. The second kappa shape index (κ2) is 6.89. The van der Waals surface area contributed by atoms with Crippen molar-refractivity contribution in [3.05, 3.63) is 60.0 Å². The topological polar surface area (TPSA) is 69.6 Å². The zero-order valence-electron chi connectivity index (χ0n) is 16.2. The molecule has 1 aliphatic rings. The maximum absolute atomic E-state index is 6.28. The molecule has 28 heavy (non-hydrogen) atoms. The molecule has 5 nitrogen and oxygen atoms in total. The Bertz CT molecular complexity index is 1130. The number of benzene rings is 2. The van der Waals surface area contributed by atoms with Crippen molar-refractivity contribution in [2.45, 2.75) is 45.1 Å². The van der Waals surface area contributed by atoms with Crippen LogP contribution in [0.4, 0.5) is 5.82 Å². The quantitative estimate of drug-likeness (QED) is 0.556. The summed E-state index contributed by atoms with van der Waals surface area (Å²) in [6.45, 7) is 2.34. The van der Waals surface area contributed by atoms with E-state index in [-0.39, 0.29) is 0 Å². The largest absolute Gasteiger partial charge is 0.383 e. The predicted molar refractivity (Wildman–Crippen MR) is 113 cm³/mol. The number of nitrogen functional groups attached to an aromatic ring is 1. The Labute approximate surface area is 164 Å². The molecule has 0 atom stereocenters. The number of hydrogen-bond donors (Lipinski definition) is 1. The van der Waals surface area contributed by atoms with Crippen molar-refractivity contribution in [1.82, 2.24) is 19.7 Å². The van der Waals surface area contributed by atoms with Gasteiger partial charge in [-0.1, -0.05) is 49.4 Å². The van der Waals surface area contributed by atoms with Gasteiger partial charge in [0.25, 0.3) is 0 Å². The van der Waals surface area contributed by atoms with E-state index >= 15 is 0 Å². The average Bonchev–Trinajstić information content (AvgIpc) is 3.09. The minimum Gasteiger partial charge on any atom is -0.383 e. The molecule has 0 spiro atoms. The van der Waals surface area contributed by atoms with Gasteiger partial charge in [-0.25, -0.2) is 14.6 Å². The molecule has 0 radical (unpaired) electrons. The van der Waals surface area contributed by atoms with E-state index in [1.165, 1.54) is 29.2 Å². The monoisotopic (exact) mass is 371 g/mol. The van der Waals surface area contributed by atoms with Crippen LogP contribution >= 0.6 is 0 Å². The Morgan fingerprint density at radius 3 is 2.64 bits per heavy atom. The summed E-state index contributed by atoms with van der Waals surface area (Å²) in [4.78, 5) is 8.83. The highest BCUT2D eigenvalue weighted by molar-refractivity contribution is 5.90. The van der Waals surface area contributed by atoms with Crippen LogP contribution in [-0.4, -0.2) is 19.7 Å². The van der Waals surface area contributed by atoms with Crippen molar-refractivity contribution in [2.75, 3.05) is 5.73 Å². The van der Waals surface area contributed by atoms with Crippen LogP contribution in [0.3, 0.4) is 0 Å². The molecule has 0 bridgehead atoms. The van der Waals surface area contributed by atoms with E-state index in [4.69, 9.17) is 10.8 Å². The van der Waals surface area contributed by atoms with Crippen LogP contribution in [0.1, 0.15) is 49.9 Å². The Kier molecular flexibility index (Phi) is 4.23. The number of rotatable bonds is 3. The maximum Gasteiger partial charge on any atom is 0.163 e. The third kappa shape index (κ3) is 2.91. The van der Waals surface area contributed by atoms with E-state index < -0.39 is 0 Å². The summed E-state index contributed by atoms with van der Waals surface area (Å²) in [5.74, 6) is 1.32. The fraction of sp³-hybridized carbons (Fsp3) is 0.348. The summed E-state index contributed by atoms with van der Waals surface area (Å²) < 4.78 is 2.12. The first-order chi connectivity index (χ1) is 13.7. The van der Waals surface area contributed by atoms with E-state index in [9.17, 15) is 0 Å². The van der Waals surface area contributed by atoms with Crippen molar-refractivity contribution < 1.29 is 0 Å². The lowest BCUT2D eigenvalue weighted by atomic mass is 9.87. The fourth-order valence-electron chi connectivity index (χ4n) is 4.56. The van der Waals surface area contributed by atoms with Gasteiger partial charge >= 0.3 is 0 Å². The molecule has 2 aromatic carbocycles. The first kappa shape index (κ1) is 17.2. The minimum atomic E-state index is 0.397. The third-order valence-corrected chi connectivity index (χ3v) is 6.16. The second-order valence-corrected chi connectivity index (χ2v) is 8.08. The van der Waals surface area contributed by atoms with Crippen molar-refractivity contribution in [2.24, 2.45) is 5.92 Å². The standard InChI is InChI=1S/C23H25N5/c1-15-9-11-18(12-10-15)28-23-21(22(24)25-14-26-23)20(27-28)13-17-7-4-6-16-5-2-3-8-19(16)17/h2-8,14-15,18H,9-13H2,1H3,(H2,24,25,26). The Morgan fingerprint density at radius 2 is 1.79 bits per heavy atom. The summed E-state index contributed by atoms with van der Waals surface area (Å²) in [7, 11) is 0. The zero-order chi connectivity index (χ0) is 19.1. The van der Waals surface area contributed by atoms with E-state index in [0.717, 1.165) is 41.9 Å². The molecular formula is C23H25N5. The molecular weight excluding hydrogens is 346 g/mol. The smallest absolute Gasteiger partial charge is 0.163 e. The van der Waals surface area contributed by atoms with Crippen LogP contribution in [0.5, 0.6) is 0 Å². The molecule has 5 heteroatoms. The number of fused-ring (bicyclic) bond motifs is 2. The van der Waals surface area contributed by atoms with Gasteiger partial charge in [0.05, 0.1) is 17.1 Å². The molecule has 4 aromatic rings. The van der Waals surface area contributed by atoms with Crippen LogP contribution in [0, 0.1) is 5.92 Å². The second-order valence-electron chi connectivity index (χ2n) is 8.08. The van der Waals surface area contributed by atoms with Crippen LogP contribution in [0.2, 0.25) is 0 Å². The predicted octanol–water partition coefficient (Wildman–Crippen LogP) is 4.90. The van der Waals surface area contributed by atoms with Crippen molar-refractivity contribution in [3.63, 3.8) is 0 Å². The van der Waals surface area contributed by atoms with Crippen LogP contribution in [0.15, 0.2) is 48.8 Å². The van der Waals surface area contributed by atoms with Gasteiger partial charge in [0.2, 0.25) is 0 Å². The first-order valence-corrected chi connectivity index (χ1v) is 10.1. The van der Waals surface area contributed by atoms with Crippen LogP contribution in [0.25, 0.3) is 21.8 Å². The van der Waals surface area contributed by atoms with Crippen molar-refractivity contribution >= 4 is 27.6 Å². The summed E-state index contributed by atoms with van der Waals surface area (Å²) in [6, 6.07) is 15.3. The van der Waals surface area contributed by atoms with E-state index in [1.807, 2.05) is 0 Å². The third-order valence-electron chi connectivity index (χ3n) is 6.16. The summed E-state index contributed by atoms with van der Waals surface area (Å²) in [5, 5.41) is 8.45. The molecule has 2 heterocycles. The van der Waals surface area contributed by atoms with Gasteiger partial charge in [0.15, 0.2) is 5.65 Å². The Hall–Kier alpha value is -2.95. The molecule has 1 saturated carbocycles. The number of hydrogen-bond acceptors (Lipinski definition) is 4. The molecule has 1 aliphatic carbocycles. The number of aromatic nitrogens is 4. The molecule has 0 saturated heterocycles. The normalized spacial score (nSPS) is 20.0. The minimum absolute atomic E-state index is 0.397. The maximum atomic E-state index is 6.28. The summed E-state index contributed by atoms with van der Waals surface area (Å²) >= 11 is 0. The van der Waals surface area contributed by atoms with E-state index in [2.05, 4.69) is 64.0 Å². The molecule has 0 unspecified atom stereocenters. The van der Waals surface area contributed by atoms with Gasteiger partial charge in [0, 0.05) is 6.42 Å². The fourth-order valence-corrected chi connectivity index (χ4v) is 4.56. The zero-order valence-corrected chi connectivity index (χ0v) is 16.2. The highest BCUT2D eigenvalue weighted by Crippen LogP contribution is 2.35. The Balaban J connectivity index is 1.61. The SMILES string of the molecule is CC1CCC(n2nc(Cc3cccc4ccccc34)c3c(N)ncnc32)CC1. The van der Waals surface area contributed by atoms with Gasteiger partial charge in [-0.05, 0) is 47.9 Å². The number of nitrogens with two attached hydrogens (primary N) is 1. The van der Waals surface area contributed by atoms with E-state index in [0.29, 0.717) is 11.9 Å². The van der Waals surface area contributed by atoms with Gasteiger partial charge in [-0.3, -0.25) is 0 Å². The highest BCUT2D eigenvalue weighted by atomic mass is 15.3. The Morgan fingerprint density at radius 1 is 1.00 bits per heavy atom. The van der Waals surface area contributed by atoms with Crippen LogP contribution in [-0.2, 0) is 6.42 Å². The summed E-state index contributed by atoms with van der Waals surface area (Å²) in [5.41, 5.74) is 9.39. The molecule has 142 valence electrons. The molecule has 0 amide bonds.